The van der Waals surface area contributed by atoms with Crippen molar-refractivity contribution in [2.24, 2.45) is 7.05 Å². The Bertz CT molecular complexity index is 566. The van der Waals surface area contributed by atoms with Gasteiger partial charge in [0.2, 0.25) is 0 Å². The molecular formula is C11H15N5O2. The van der Waals surface area contributed by atoms with Crippen LogP contribution in [0.2, 0.25) is 0 Å². The molecule has 0 aliphatic heterocycles. The van der Waals surface area contributed by atoms with Crippen LogP contribution in [0.25, 0.3) is 11.0 Å². The Morgan fingerprint density at radius 2 is 2.33 bits per heavy atom. The maximum Gasteiger partial charge on any atom is 0.305 e. The highest BCUT2D eigenvalue weighted by atomic mass is 16.4. The van der Waals surface area contributed by atoms with E-state index < -0.39 is 5.97 Å². The average Bonchev–Trinajstić information content (AvgIpc) is 2.71. The molecule has 0 aliphatic rings. The van der Waals surface area contributed by atoms with Crippen LogP contribution in [0.3, 0.4) is 0 Å². The molecule has 1 atom stereocenters. The van der Waals surface area contributed by atoms with E-state index in [2.05, 4.69) is 20.4 Å². The van der Waals surface area contributed by atoms with Crippen LogP contribution < -0.4 is 5.32 Å². The predicted octanol–water partition coefficient (Wildman–Crippen LogP) is 1.03. The van der Waals surface area contributed by atoms with Crippen LogP contribution in [0, 0.1) is 0 Å². The molecule has 96 valence electrons. The molecule has 7 heteroatoms. The predicted molar refractivity (Wildman–Crippen MR) is 66.3 cm³/mol. The lowest BCUT2D eigenvalue weighted by Gasteiger charge is -2.15. The number of anilines is 1. The Labute approximate surface area is 104 Å². The maximum atomic E-state index is 10.7. The molecule has 0 saturated carbocycles. The fraction of sp³-hybridized carbons (Fsp3) is 0.455. The van der Waals surface area contributed by atoms with Gasteiger partial charge in [-0.3, -0.25) is 9.48 Å². The Kier molecular flexibility index (Phi) is 3.40. The summed E-state index contributed by atoms with van der Waals surface area (Å²) in [5.74, 6) is -0.202. The van der Waals surface area contributed by atoms with Crippen LogP contribution in [0.1, 0.15) is 19.8 Å². The molecule has 2 aromatic rings. The summed E-state index contributed by atoms with van der Waals surface area (Å²) in [6.07, 6.45) is 3.88. The zero-order valence-corrected chi connectivity index (χ0v) is 10.3. The second-order valence-corrected chi connectivity index (χ2v) is 4.08. The topological polar surface area (TPSA) is 92.9 Å². The van der Waals surface area contributed by atoms with E-state index in [0.29, 0.717) is 12.2 Å². The smallest absolute Gasteiger partial charge is 0.305 e. The molecule has 0 spiro atoms. The van der Waals surface area contributed by atoms with Crippen molar-refractivity contribution >= 4 is 22.8 Å². The van der Waals surface area contributed by atoms with Gasteiger partial charge in [0.25, 0.3) is 0 Å². The highest BCUT2D eigenvalue weighted by molar-refractivity contribution is 5.86. The van der Waals surface area contributed by atoms with E-state index in [1.807, 2.05) is 6.92 Å². The van der Waals surface area contributed by atoms with Gasteiger partial charge >= 0.3 is 5.97 Å². The molecule has 0 radical (unpaired) electrons. The third kappa shape index (κ3) is 2.39. The van der Waals surface area contributed by atoms with E-state index in [-0.39, 0.29) is 12.5 Å². The van der Waals surface area contributed by atoms with Gasteiger partial charge in [-0.1, -0.05) is 6.92 Å². The number of hydrogen-bond acceptors (Lipinski definition) is 5. The lowest BCUT2D eigenvalue weighted by atomic mass is 10.1. The second-order valence-electron chi connectivity index (χ2n) is 4.08. The quantitative estimate of drug-likeness (QED) is 0.822. The van der Waals surface area contributed by atoms with E-state index in [1.165, 1.54) is 6.33 Å². The van der Waals surface area contributed by atoms with Crippen molar-refractivity contribution in [1.82, 2.24) is 19.7 Å². The summed E-state index contributed by atoms with van der Waals surface area (Å²) in [4.78, 5) is 19.0. The van der Waals surface area contributed by atoms with E-state index >= 15 is 0 Å². The molecule has 0 bridgehead atoms. The standard InChI is InChI=1S/C11H15N5O2/c1-3-7(4-9(17)18)15-10-8-5-14-16(2)11(8)13-6-12-10/h5-7H,3-4H2,1-2H3,(H,17,18)(H,12,13,15). The van der Waals surface area contributed by atoms with Gasteiger partial charge in [-0.25, -0.2) is 9.97 Å². The molecule has 0 amide bonds. The van der Waals surface area contributed by atoms with Crippen LogP contribution >= 0.6 is 0 Å². The van der Waals surface area contributed by atoms with E-state index in [1.54, 1.807) is 17.9 Å². The summed E-state index contributed by atoms with van der Waals surface area (Å²) in [6, 6.07) is -0.152. The van der Waals surface area contributed by atoms with Crippen LogP contribution in [0.5, 0.6) is 0 Å². The monoisotopic (exact) mass is 249 g/mol. The summed E-state index contributed by atoms with van der Waals surface area (Å²) in [5.41, 5.74) is 0.720. The van der Waals surface area contributed by atoms with Crippen molar-refractivity contribution in [3.05, 3.63) is 12.5 Å². The molecule has 2 heterocycles. The highest BCUT2D eigenvalue weighted by Crippen LogP contribution is 2.19. The van der Waals surface area contributed by atoms with Crippen molar-refractivity contribution in [3.8, 4) is 0 Å². The summed E-state index contributed by atoms with van der Waals surface area (Å²) < 4.78 is 1.65. The highest BCUT2D eigenvalue weighted by Gasteiger charge is 2.14. The minimum Gasteiger partial charge on any atom is -0.481 e. The molecule has 7 nitrogen and oxygen atoms in total. The summed E-state index contributed by atoms with van der Waals surface area (Å²) in [6.45, 7) is 1.93. The lowest BCUT2D eigenvalue weighted by Crippen LogP contribution is -2.22. The molecule has 2 aromatic heterocycles. The number of rotatable bonds is 5. The summed E-state index contributed by atoms with van der Waals surface area (Å²) >= 11 is 0. The molecule has 0 aromatic carbocycles. The first-order valence-corrected chi connectivity index (χ1v) is 5.72. The molecule has 0 fully saturated rings. The van der Waals surface area contributed by atoms with Crippen LogP contribution in [-0.4, -0.2) is 36.9 Å². The number of nitrogens with one attached hydrogen (secondary N) is 1. The number of carboxylic acid groups (broad SMARTS) is 1. The van der Waals surface area contributed by atoms with Gasteiger partial charge in [-0.05, 0) is 6.42 Å². The van der Waals surface area contributed by atoms with Crippen LogP contribution in [0.15, 0.2) is 12.5 Å². The number of aromatic nitrogens is 4. The van der Waals surface area contributed by atoms with Crippen molar-refractivity contribution < 1.29 is 9.90 Å². The lowest BCUT2D eigenvalue weighted by molar-refractivity contribution is -0.137. The minimum absolute atomic E-state index is 0.0578. The normalized spacial score (nSPS) is 12.6. The summed E-state index contributed by atoms with van der Waals surface area (Å²) in [5, 5.41) is 16.9. The number of fused-ring (bicyclic) bond motifs is 1. The Balaban J connectivity index is 2.28. The fourth-order valence-corrected chi connectivity index (χ4v) is 1.78. The van der Waals surface area contributed by atoms with Gasteiger partial charge in [0.15, 0.2) is 5.65 Å². The maximum absolute atomic E-state index is 10.7. The zero-order valence-electron chi connectivity index (χ0n) is 10.3. The molecule has 18 heavy (non-hydrogen) atoms. The molecule has 2 rings (SSSR count). The second kappa shape index (κ2) is 4.99. The molecule has 0 saturated heterocycles. The minimum atomic E-state index is -0.828. The number of nitrogens with zero attached hydrogens (tertiary/aromatic N) is 4. The number of hydrogen-bond donors (Lipinski definition) is 2. The molecule has 0 aliphatic carbocycles. The third-order valence-corrected chi connectivity index (χ3v) is 2.78. The first-order chi connectivity index (χ1) is 8.61. The van der Waals surface area contributed by atoms with Crippen molar-refractivity contribution in [2.45, 2.75) is 25.8 Å². The van der Waals surface area contributed by atoms with Gasteiger partial charge in [-0.15, -0.1) is 0 Å². The number of carboxylic acids is 1. The summed E-state index contributed by atoms with van der Waals surface area (Å²) in [7, 11) is 1.80. The molecular weight excluding hydrogens is 234 g/mol. The Hall–Kier alpha value is -2.18. The van der Waals surface area contributed by atoms with E-state index in [9.17, 15) is 4.79 Å². The Morgan fingerprint density at radius 3 is 3.00 bits per heavy atom. The molecule has 1 unspecified atom stereocenters. The first kappa shape index (κ1) is 12.3. The van der Waals surface area contributed by atoms with Crippen molar-refractivity contribution in [2.75, 3.05) is 5.32 Å². The van der Waals surface area contributed by atoms with Gasteiger partial charge in [-0.2, -0.15) is 5.10 Å². The zero-order chi connectivity index (χ0) is 13.1. The van der Waals surface area contributed by atoms with Crippen molar-refractivity contribution in [3.63, 3.8) is 0 Å². The first-order valence-electron chi connectivity index (χ1n) is 5.72. The van der Waals surface area contributed by atoms with Crippen LogP contribution in [-0.2, 0) is 11.8 Å². The van der Waals surface area contributed by atoms with E-state index in [0.717, 1.165) is 11.0 Å². The number of aliphatic carboxylic acids is 1. The third-order valence-electron chi connectivity index (χ3n) is 2.78. The van der Waals surface area contributed by atoms with Gasteiger partial charge in [0, 0.05) is 13.1 Å². The van der Waals surface area contributed by atoms with E-state index in [4.69, 9.17) is 5.11 Å². The SMILES string of the molecule is CCC(CC(=O)O)Nc1ncnc2c1cnn2C. The van der Waals surface area contributed by atoms with Gasteiger partial charge < -0.3 is 10.4 Å². The van der Waals surface area contributed by atoms with Gasteiger partial charge in [0.05, 0.1) is 18.0 Å². The van der Waals surface area contributed by atoms with Gasteiger partial charge in [0.1, 0.15) is 12.1 Å². The average molecular weight is 249 g/mol. The fourth-order valence-electron chi connectivity index (χ4n) is 1.78. The number of carbonyl (C=O) groups is 1. The Morgan fingerprint density at radius 1 is 1.56 bits per heavy atom. The van der Waals surface area contributed by atoms with Crippen molar-refractivity contribution in [1.29, 1.82) is 0 Å². The number of aryl methyl sites for hydroxylation is 1. The van der Waals surface area contributed by atoms with Crippen LogP contribution in [0.4, 0.5) is 5.82 Å². The largest absolute Gasteiger partial charge is 0.481 e. The molecule has 2 N–H and O–H groups in total.